The molecule has 1 heterocycles. The van der Waals surface area contributed by atoms with Crippen molar-refractivity contribution in [3.8, 4) is 0 Å². The zero-order valence-corrected chi connectivity index (χ0v) is 6.76. The van der Waals surface area contributed by atoms with Crippen molar-refractivity contribution in [2.45, 2.75) is 26.7 Å². The van der Waals surface area contributed by atoms with E-state index in [9.17, 15) is 4.79 Å². The SMILES string of the molecule is CCCC(=O)c1cc(C)no1. The molecule has 0 aromatic carbocycles. The Morgan fingerprint density at radius 3 is 2.91 bits per heavy atom. The van der Waals surface area contributed by atoms with Crippen molar-refractivity contribution < 1.29 is 9.32 Å². The highest BCUT2D eigenvalue weighted by Crippen LogP contribution is 2.06. The summed E-state index contributed by atoms with van der Waals surface area (Å²) in [5, 5.41) is 3.62. The normalized spacial score (nSPS) is 10.0. The van der Waals surface area contributed by atoms with Crippen LogP contribution >= 0.6 is 0 Å². The number of hydrogen-bond donors (Lipinski definition) is 0. The third-order valence-electron chi connectivity index (χ3n) is 1.38. The van der Waals surface area contributed by atoms with E-state index in [1.165, 1.54) is 0 Å². The third kappa shape index (κ3) is 1.90. The van der Waals surface area contributed by atoms with Crippen LogP contribution < -0.4 is 0 Å². The highest BCUT2D eigenvalue weighted by Gasteiger charge is 2.09. The van der Waals surface area contributed by atoms with Gasteiger partial charge in [-0.05, 0) is 13.3 Å². The number of nitrogens with zero attached hydrogens (tertiary/aromatic N) is 1. The second kappa shape index (κ2) is 3.32. The van der Waals surface area contributed by atoms with Gasteiger partial charge in [-0.3, -0.25) is 4.79 Å². The van der Waals surface area contributed by atoms with Gasteiger partial charge < -0.3 is 4.52 Å². The maximum Gasteiger partial charge on any atom is 0.202 e. The number of Topliss-reactive ketones (excluding diaryl/α,β-unsaturated/α-hetero) is 1. The van der Waals surface area contributed by atoms with E-state index in [2.05, 4.69) is 5.16 Å². The van der Waals surface area contributed by atoms with E-state index in [0.29, 0.717) is 12.2 Å². The van der Waals surface area contributed by atoms with Crippen LogP contribution in [0.4, 0.5) is 0 Å². The molecule has 0 N–H and O–H groups in total. The molecule has 0 unspecified atom stereocenters. The first-order valence-corrected chi connectivity index (χ1v) is 3.70. The molecule has 0 radical (unpaired) electrons. The molecule has 1 aromatic heterocycles. The predicted octanol–water partition coefficient (Wildman–Crippen LogP) is 1.97. The van der Waals surface area contributed by atoms with Crippen molar-refractivity contribution in [2.24, 2.45) is 0 Å². The van der Waals surface area contributed by atoms with Gasteiger partial charge in [0.2, 0.25) is 11.5 Å². The van der Waals surface area contributed by atoms with Gasteiger partial charge in [0.15, 0.2) is 0 Å². The van der Waals surface area contributed by atoms with Crippen LogP contribution in [0, 0.1) is 6.92 Å². The van der Waals surface area contributed by atoms with Gasteiger partial charge in [-0.25, -0.2) is 0 Å². The van der Waals surface area contributed by atoms with Crippen LogP contribution in [0.2, 0.25) is 0 Å². The first kappa shape index (κ1) is 7.98. The van der Waals surface area contributed by atoms with Gasteiger partial charge in [0, 0.05) is 12.5 Å². The fourth-order valence-corrected chi connectivity index (χ4v) is 0.845. The first-order valence-electron chi connectivity index (χ1n) is 3.70. The summed E-state index contributed by atoms with van der Waals surface area (Å²) < 4.78 is 4.78. The zero-order valence-electron chi connectivity index (χ0n) is 6.76. The van der Waals surface area contributed by atoms with Gasteiger partial charge in [-0.15, -0.1) is 0 Å². The maximum atomic E-state index is 11.1. The minimum atomic E-state index is 0.0353. The van der Waals surface area contributed by atoms with E-state index >= 15 is 0 Å². The minimum Gasteiger partial charge on any atom is -0.353 e. The van der Waals surface area contributed by atoms with Crippen LogP contribution in [-0.4, -0.2) is 10.9 Å². The first-order chi connectivity index (χ1) is 5.24. The Morgan fingerprint density at radius 1 is 1.73 bits per heavy atom. The molecule has 0 saturated heterocycles. The Bertz CT molecular complexity index is 252. The van der Waals surface area contributed by atoms with Gasteiger partial charge in [-0.1, -0.05) is 12.1 Å². The molecule has 0 atom stereocenters. The van der Waals surface area contributed by atoms with E-state index in [1.807, 2.05) is 6.92 Å². The molecular weight excluding hydrogens is 142 g/mol. The topological polar surface area (TPSA) is 43.1 Å². The maximum absolute atomic E-state index is 11.1. The molecule has 3 nitrogen and oxygen atoms in total. The van der Waals surface area contributed by atoms with Crippen molar-refractivity contribution in [3.05, 3.63) is 17.5 Å². The molecule has 1 rings (SSSR count). The second-order valence-electron chi connectivity index (χ2n) is 2.51. The fourth-order valence-electron chi connectivity index (χ4n) is 0.845. The molecule has 1 aromatic rings. The zero-order chi connectivity index (χ0) is 8.27. The molecule has 0 amide bonds. The number of aromatic nitrogens is 1. The molecule has 0 saturated carbocycles. The number of carbonyl (C=O) groups excluding carboxylic acids is 1. The predicted molar refractivity (Wildman–Crippen MR) is 40.5 cm³/mol. The Balaban J connectivity index is 2.69. The molecular formula is C8H11NO2. The van der Waals surface area contributed by atoms with Crippen LogP contribution in [0.3, 0.4) is 0 Å². The average Bonchev–Trinajstić information content (AvgIpc) is 2.36. The summed E-state index contributed by atoms with van der Waals surface area (Å²) in [6.07, 6.45) is 1.38. The molecule has 11 heavy (non-hydrogen) atoms. The third-order valence-corrected chi connectivity index (χ3v) is 1.38. The van der Waals surface area contributed by atoms with Crippen LogP contribution in [0.15, 0.2) is 10.6 Å². The summed E-state index contributed by atoms with van der Waals surface area (Å²) in [4.78, 5) is 11.1. The molecule has 0 aliphatic heterocycles. The van der Waals surface area contributed by atoms with Gasteiger partial charge in [0.05, 0.1) is 5.69 Å². The van der Waals surface area contributed by atoms with E-state index in [0.717, 1.165) is 12.1 Å². The van der Waals surface area contributed by atoms with E-state index in [1.54, 1.807) is 13.0 Å². The summed E-state index contributed by atoms with van der Waals surface area (Å²) in [6.45, 7) is 3.76. The highest BCUT2D eigenvalue weighted by molar-refractivity contribution is 5.93. The number of aryl methyl sites for hydroxylation is 1. The van der Waals surface area contributed by atoms with Crippen LogP contribution in [0.25, 0.3) is 0 Å². The van der Waals surface area contributed by atoms with E-state index in [-0.39, 0.29) is 5.78 Å². The van der Waals surface area contributed by atoms with Crippen LogP contribution in [0.1, 0.15) is 36.0 Å². The second-order valence-corrected chi connectivity index (χ2v) is 2.51. The molecule has 0 aliphatic carbocycles. The molecule has 0 aliphatic rings. The number of carbonyl (C=O) groups is 1. The quantitative estimate of drug-likeness (QED) is 0.623. The Hall–Kier alpha value is -1.12. The smallest absolute Gasteiger partial charge is 0.202 e. The van der Waals surface area contributed by atoms with Gasteiger partial charge in [0.1, 0.15) is 0 Å². The van der Waals surface area contributed by atoms with Crippen LogP contribution in [-0.2, 0) is 0 Å². The molecule has 0 fully saturated rings. The molecule has 0 spiro atoms. The van der Waals surface area contributed by atoms with E-state index < -0.39 is 0 Å². The summed E-state index contributed by atoms with van der Waals surface area (Å²) in [5.74, 6) is 0.414. The standard InChI is InChI=1S/C8H11NO2/c1-3-4-7(10)8-5-6(2)9-11-8/h5H,3-4H2,1-2H3. The van der Waals surface area contributed by atoms with Crippen molar-refractivity contribution in [1.29, 1.82) is 0 Å². The van der Waals surface area contributed by atoms with Crippen molar-refractivity contribution in [1.82, 2.24) is 5.16 Å². The lowest BCUT2D eigenvalue weighted by Crippen LogP contribution is -1.94. The lowest BCUT2D eigenvalue weighted by atomic mass is 10.2. The number of hydrogen-bond acceptors (Lipinski definition) is 3. The van der Waals surface area contributed by atoms with Gasteiger partial charge in [0.25, 0.3) is 0 Å². The Labute approximate surface area is 65.4 Å². The number of ketones is 1. The molecule has 60 valence electrons. The molecule has 3 heteroatoms. The van der Waals surface area contributed by atoms with E-state index in [4.69, 9.17) is 4.52 Å². The Morgan fingerprint density at radius 2 is 2.45 bits per heavy atom. The van der Waals surface area contributed by atoms with Crippen molar-refractivity contribution in [3.63, 3.8) is 0 Å². The average molecular weight is 153 g/mol. The summed E-state index contributed by atoms with van der Waals surface area (Å²) in [6, 6.07) is 1.66. The van der Waals surface area contributed by atoms with Crippen LogP contribution in [0.5, 0.6) is 0 Å². The molecule has 0 bridgehead atoms. The summed E-state index contributed by atoms with van der Waals surface area (Å²) >= 11 is 0. The van der Waals surface area contributed by atoms with Crippen molar-refractivity contribution in [2.75, 3.05) is 0 Å². The van der Waals surface area contributed by atoms with Gasteiger partial charge >= 0.3 is 0 Å². The highest BCUT2D eigenvalue weighted by atomic mass is 16.5. The lowest BCUT2D eigenvalue weighted by molar-refractivity contribution is 0.0946. The minimum absolute atomic E-state index is 0.0353. The number of rotatable bonds is 3. The van der Waals surface area contributed by atoms with Crippen molar-refractivity contribution >= 4 is 5.78 Å². The fraction of sp³-hybridized carbons (Fsp3) is 0.500. The van der Waals surface area contributed by atoms with Gasteiger partial charge in [-0.2, -0.15) is 0 Å². The largest absolute Gasteiger partial charge is 0.353 e. The summed E-state index contributed by atoms with van der Waals surface area (Å²) in [5.41, 5.74) is 0.754. The summed E-state index contributed by atoms with van der Waals surface area (Å²) in [7, 11) is 0. The Kier molecular flexibility index (Phi) is 2.41. The monoisotopic (exact) mass is 153 g/mol. The lowest BCUT2D eigenvalue weighted by Gasteiger charge is -1.88.